The summed E-state index contributed by atoms with van der Waals surface area (Å²) >= 11 is 11.5. The van der Waals surface area contributed by atoms with E-state index in [1.54, 1.807) is 0 Å². The fourth-order valence-corrected chi connectivity index (χ4v) is 3.40. The number of nitrogens with one attached hydrogen (secondary N) is 2. The highest BCUT2D eigenvalue weighted by atomic mass is 35.5. The minimum Gasteiger partial charge on any atom is -0.484 e. The lowest BCUT2D eigenvalue weighted by Crippen LogP contribution is -2.48. The van der Waals surface area contributed by atoms with E-state index in [9.17, 15) is 14.0 Å². The van der Waals surface area contributed by atoms with E-state index in [0.717, 1.165) is 11.6 Å². The topological polar surface area (TPSA) is 76.7 Å². The molecule has 0 bridgehead atoms. The van der Waals surface area contributed by atoms with Crippen molar-refractivity contribution in [3.8, 4) is 5.75 Å². The van der Waals surface area contributed by atoms with Crippen LogP contribution in [0.2, 0.25) is 10.0 Å². The molecule has 2 atom stereocenters. The van der Waals surface area contributed by atoms with Crippen LogP contribution >= 0.6 is 23.2 Å². The molecular weight excluding hydrogens is 446 g/mol. The third-order valence-corrected chi connectivity index (χ3v) is 5.38. The van der Waals surface area contributed by atoms with Crippen molar-refractivity contribution in [2.75, 3.05) is 19.8 Å². The number of hydrogen-bond acceptors (Lipinski definition) is 4. The van der Waals surface area contributed by atoms with Gasteiger partial charge in [-0.15, -0.1) is 0 Å². The minimum absolute atomic E-state index is 0.0141. The van der Waals surface area contributed by atoms with Gasteiger partial charge in [0.1, 0.15) is 17.7 Å². The summed E-state index contributed by atoms with van der Waals surface area (Å²) in [6.45, 7) is 0.478. The van der Waals surface area contributed by atoms with Crippen molar-refractivity contribution in [1.82, 2.24) is 10.6 Å². The van der Waals surface area contributed by atoms with Gasteiger partial charge < -0.3 is 20.1 Å². The summed E-state index contributed by atoms with van der Waals surface area (Å²) in [5.41, 5.74) is 1.08. The van der Waals surface area contributed by atoms with Gasteiger partial charge in [-0.3, -0.25) is 9.59 Å². The molecule has 1 aliphatic rings. The first-order valence-corrected chi connectivity index (χ1v) is 10.7. The van der Waals surface area contributed by atoms with E-state index in [4.69, 9.17) is 32.7 Å². The van der Waals surface area contributed by atoms with E-state index >= 15 is 0 Å². The average Bonchev–Trinajstić information content (AvgIpc) is 2.76. The summed E-state index contributed by atoms with van der Waals surface area (Å²) in [6, 6.07) is 11.2. The molecule has 166 valence electrons. The molecule has 31 heavy (non-hydrogen) atoms. The van der Waals surface area contributed by atoms with Crippen LogP contribution in [0.25, 0.3) is 0 Å². The molecular formula is C22H23Cl2FN2O4. The predicted octanol–water partition coefficient (Wildman–Crippen LogP) is 3.53. The van der Waals surface area contributed by atoms with Gasteiger partial charge >= 0.3 is 0 Å². The van der Waals surface area contributed by atoms with Gasteiger partial charge in [0, 0.05) is 17.6 Å². The highest BCUT2D eigenvalue weighted by Gasteiger charge is 2.27. The van der Waals surface area contributed by atoms with Crippen molar-refractivity contribution < 1.29 is 23.5 Å². The maximum atomic E-state index is 13.4. The van der Waals surface area contributed by atoms with Crippen molar-refractivity contribution in [1.29, 1.82) is 0 Å². The zero-order valence-electron chi connectivity index (χ0n) is 16.7. The van der Waals surface area contributed by atoms with Crippen molar-refractivity contribution in [3.63, 3.8) is 0 Å². The van der Waals surface area contributed by atoms with Crippen LogP contribution in [0.15, 0.2) is 42.5 Å². The number of ether oxygens (including phenoxy) is 2. The third kappa shape index (κ3) is 7.38. The summed E-state index contributed by atoms with van der Waals surface area (Å²) in [4.78, 5) is 24.3. The Morgan fingerprint density at radius 1 is 1.13 bits per heavy atom. The van der Waals surface area contributed by atoms with Crippen LogP contribution in [0, 0.1) is 5.82 Å². The Bertz CT molecular complexity index is 903. The quantitative estimate of drug-likeness (QED) is 0.621. The number of benzene rings is 2. The Hall–Kier alpha value is -2.35. The zero-order valence-corrected chi connectivity index (χ0v) is 18.2. The molecule has 2 aromatic carbocycles. The second-order valence-corrected chi connectivity index (χ2v) is 8.04. The molecule has 6 nitrogen and oxygen atoms in total. The fraction of sp³-hybridized carbons (Fsp3) is 0.364. The second-order valence-electron chi connectivity index (χ2n) is 7.20. The lowest BCUT2D eigenvalue weighted by molar-refractivity contribution is -0.137. The normalized spacial score (nSPS) is 18.3. The predicted molar refractivity (Wildman–Crippen MR) is 116 cm³/mol. The maximum Gasteiger partial charge on any atom is 0.258 e. The highest BCUT2D eigenvalue weighted by molar-refractivity contribution is 6.30. The molecule has 0 aromatic heterocycles. The Balaban J connectivity index is 1.32. The van der Waals surface area contributed by atoms with Gasteiger partial charge in [-0.2, -0.15) is 0 Å². The molecule has 0 radical (unpaired) electrons. The standard InChI is InChI=1S/C22H23Cl2FN2O4/c23-15-3-1-14(2-4-15)9-10-26-22(29)20-8-5-16(12-31-20)27-21(28)13-30-17-6-7-18(24)19(25)11-17/h1-4,6-7,11,16,20H,5,8-10,12-13H2,(H,26,29)(H,27,28)/t16-,20+/m1/s1. The number of hydrogen-bond donors (Lipinski definition) is 2. The van der Waals surface area contributed by atoms with Crippen LogP contribution in [0.1, 0.15) is 18.4 Å². The first-order valence-electron chi connectivity index (χ1n) is 9.91. The minimum atomic E-state index is -0.613. The summed E-state index contributed by atoms with van der Waals surface area (Å²) in [5.74, 6) is -0.910. The Kier molecular flexibility index (Phi) is 8.51. The summed E-state index contributed by atoms with van der Waals surface area (Å²) in [5, 5.41) is 6.33. The number of halogens is 3. The van der Waals surface area contributed by atoms with E-state index in [-0.39, 0.29) is 41.8 Å². The molecule has 0 spiro atoms. The van der Waals surface area contributed by atoms with Crippen LogP contribution in [0.3, 0.4) is 0 Å². The molecule has 3 rings (SSSR count). The van der Waals surface area contributed by atoms with Crippen molar-refractivity contribution in [3.05, 3.63) is 63.9 Å². The first kappa shape index (κ1) is 23.3. The fourth-order valence-electron chi connectivity index (χ4n) is 3.15. The molecule has 2 amide bonds. The summed E-state index contributed by atoms with van der Waals surface area (Å²) in [7, 11) is 0. The van der Waals surface area contributed by atoms with Gasteiger partial charge in [0.15, 0.2) is 6.61 Å². The number of carbonyl (C=O) groups excluding carboxylic acids is 2. The van der Waals surface area contributed by atoms with E-state index in [1.807, 2.05) is 24.3 Å². The van der Waals surface area contributed by atoms with E-state index in [2.05, 4.69) is 10.6 Å². The first-order chi connectivity index (χ1) is 14.9. The molecule has 1 aliphatic heterocycles. The lowest BCUT2D eigenvalue weighted by Gasteiger charge is -2.28. The average molecular weight is 469 g/mol. The van der Waals surface area contributed by atoms with Gasteiger partial charge in [0.05, 0.1) is 17.7 Å². The van der Waals surface area contributed by atoms with Crippen LogP contribution < -0.4 is 15.4 Å². The Morgan fingerprint density at radius 3 is 2.58 bits per heavy atom. The monoisotopic (exact) mass is 468 g/mol. The lowest BCUT2D eigenvalue weighted by atomic mass is 10.0. The summed E-state index contributed by atoms with van der Waals surface area (Å²) < 4.78 is 24.3. The number of rotatable bonds is 8. The SMILES string of the molecule is O=C(COc1ccc(Cl)c(F)c1)N[C@@H]1CC[C@@H](C(=O)NCCc2ccc(Cl)cc2)OC1. The molecule has 1 heterocycles. The van der Waals surface area contributed by atoms with E-state index in [1.165, 1.54) is 12.1 Å². The summed E-state index contributed by atoms with van der Waals surface area (Å²) in [6.07, 6.45) is 1.27. The van der Waals surface area contributed by atoms with Gasteiger partial charge in [-0.25, -0.2) is 4.39 Å². The molecule has 1 fully saturated rings. The molecule has 9 heteroatoms. The van der Waals surface area contributed by atoms with E-state index < -0.39 is 11.9 Å². The van der Waals surface area contributed by atoms with Crippen LogP contribution in [0.4, 0.5) is 4.39 Å². The maximum absolute atomic E-state index is 13.4. The largest absolute Gasteiger partial charge is 0.484 e. The molecule has 0 aliphatic carbocycles. The van der Waals surface area contributed by atoms with Crippen LogP contribution in [0.5, 0.6) is 5.75 Å². The smallest absolute Gasteiger partial charge is 0.258 e. The molecule has 0 saturated carbocycles. The number of amides is 2. The van der Waals surface area contributed by atoms with Crippen molar-refractivity contribution in [2.24, 2.45) is 0 Å². The molecule has 1 saturated heterocycles. The Morgan fingerprint density at radius 2 is 1.90 bits per heavy atom. The number of carbonyl (C=O) groups is 2. The third-order valence-electron chi connectivity index (χ3n) is 4.82. The zero-order chi connectivity index (χ0) is 22.2. The molecule has 2 aromatic rings. The van der Waals surface area contributed by atoms with Gasteiger partial charge in [-0.05, 0) is 49.1 Å². The van der Waals surface area contributed by atoms with Gasteiger partial charge in [-0.1, -0.05) is 35.3 Å². The van der Waals surface area contributed by atoms with Crippen LogP contribution in [-0.2, 0) is 20.7 Å². The Labute approximate surface area is 190 Å². The second kappa shape index (κ2) is 11.3. The van der Waals surface area contributed by atoms with Gasteiger partial charge in [0.25, 0.3) is 5.91 Å². The van der Waals surface area contributed by atoms with Crippen molar-refractivity contribution >= 4 is 35.0 Å². The van der Waals surface area contributed by atoms with Crippen molar-refractivity contribution in [2.45, 2.75) is 31.4 Å². The van der Waals surface area contributed by atoms with Gasteiger partial charge in [0.2, 0.25) is 5.91 Å². The molecule has 0 unspecified atom stereocenters. The molecule has 2 N–H and O–H groups in total. The van der Waals surface area contributed by atoms with Crippen LogP contribution in [-0.4, -0.2) is 43.7 Å². The highest BCUT2D eigenvalue weighted by Crippen LogP contribution is 2.20. The van der Waals surface area contributed by atoms with E-state index in [0.29, 0.717) is 30.8 Å².